The van der Waals surface area contributed by atoms with Gasteiger partial charge in [0.25, 0.3) is 0 Å². The average Bonchev–Trinajstić information content (AvgIpc) is 2.74. The van der Waals surface area contributed by atoms with Gasteiger partial charge < -0.3 is 5.32 Å². The van der Waals surface area contributed by atoms with Crippen LogP contribution in [-0.4, -0.2) is 22.9 Å². The van der Waals surface area contributed by atoms with Crippen LogP contribution in [0.15, 0.2) is 12.3 Å². The van der Waals surface area contributed by atoms with E-state index in [2.05, 4.69) is 30.5 Å². The van der Waals surface area contributed by atoms with E-state index in [1.165, 1.54) is 31.4 Å². The fraction of sp³-hybridized carbons (Fsp3) is 0.786. The van der Waals surface area contributed by atoms with Crippen LogP contribution in [0.5, 0.6) is 0 Å². The second-order valence-electron chi connectivity index (χ2n) is 5.43. The molecule has 0 spiro atoms. The smallest absolute Gasteiger partial charge is 0.0627 e. The monoisotopic (exact) mass is 235 g/mol. The summed E-state index contributed by atoms with van der Waals surface area (Å²) in [6.07, 6.45) is 8.58. The summed E-state index contributed by atoms with van der Waals surface area (Å²) in [7, 11) is 4.09. The van der Waals surface area contributed by atoms with Crippen molar-refractivity contribution in [2.24, 2.45) is 18.9 Å². The van der Waals surface area contributed by atoms with Crippen molar-refractivity contribution in [3.05, 3.63) is 18.0 Å². The number of nitrogens with one attached hydrogen (secondary N) is 1. The van der Waals surface area contributed by atoms with E-state index in [-0.39, 0.29) is 0 Å². The van der Waals surface area contributed by atoms with Crippen LogP contribution in [0.25, 0.3) is 0 Å². The molecule has 0 amide bonds. The molecule has 3 heteroatoms. The highest BCUT2D eigenvalue weighted by Crippen LogP contribution is 2.33. The minimum absolute atomic E-state index is 0.680. The number of nitrogens with zero attached hydrogens (tertiary/aromatic N) is 2. The third-order valence-corrected chi connectivity index (χ3v) is 4.28. The first kappa shape index (κ1) is 12.6. The fourth-order valence-electron chi connectivity index (χ4n) is 3.18. The standard InChI is InChI=1S/C14H25N3/c1-4-11-5-6-14(15-2)12(9-11)10-13-7-8-17(3)16-13/h7-8,11-12,14-15H,4-6,9-10H2,1-3H3. The second-order valence-corrected chi connectivity index (χ2v) is 5.43. The summed E-state index contributed by atoms with van der Waals surface area (Å²) < 4.78 is 1.91. The summed E-state index contributed by atoms with van der Waals surface area (Å²) in [6, 6.07) is 2.84. The summed E-state index contributed by atoms with van der Waals surface area (Å²) in [5, 5.41) is 8.00. The molecule has 3 nitrogen and oxygen atoms in total. The molecule has 1 aliphatic carbocycles. The fourth-order valence-corrected chi connectivity index (χ4v) is 3.18. The van der Waals surface area contributed by atoms with Crippen molar-refractivity contribution in [2.45, 2.75) is 45.1 Å². The van der Waals surface area contributed by atoms with Gasteiger partial charge in [0.1, 0.15) is 0 Å². The van der Waals surface area contributed by atoms with Gasteiger partial charge in [0, 0.05) is 19.3 Å². The van der Waals surface area contributed by atoms with Crippen LogP contribution in [0, 0.1) is 11.8 Å². The predicted octanol–water partition coefficient (Wildman–Crippen LogP) is 2.38. The number of rotatable bonds is 4. The molecular formula is C14H25N3. The zero-order valence-electron chi connectivity index (χ0n) is 11.3. The second kappa shape index (κ2) is 5.67. The maximum atomic E-state index is 4.51. The van der Waals surface area contributed by atoms with Crippen LogP contribution in [0.3, 0.4) is 0 Å². The van der Waals surface area contributed by atoms with Crippen molar-refractivity contribution in [3.63, 3.8) is 0 Å². The molecule has 17 heavy (non-hydrogen) atoms. The van der Waals surface area contributed by atoms with Gasteiger partial charge in [-0.05, 0) is 50.6 Å². The van der Waals surface area contributed by atoms with Gasteiger partial charge >= 0.3 is 0 Å². The van der Waals surface area contributed by atoms with Crippen LogP contribution >= 0.6 is 0 Å². The summed E-state index contributed by atoms with van der Waals surface area (Å²) in [4.78, 5) is 0. The first-order valence-corrected chi connectivity index (χ1v) is 6.88. The summed E-state index contributed by atoms with van der Waals surface area (Å²) >= 11 is 0. The van der Waals surface area contributed by atoms with Crippen LogP contribution in [0.4, 0.5) is 0 Å². The van der Waals surface area contributed by atoms with Crippen molar-refractivity contribution >= 4 is 0 Å². The van der Waals surface area contributed by atoms with Gasteiger partial charge in [0.2, 0.25) is 0 Å². The average molecular weight is 235 g/mol. The van der Waals surface area contributed by atoms with Gasteiger partial charge in [0.15, 0.2) is 0 Å². The van der Waals surface area contributed by atoms with Gasteiger partial charge in [-0.3, -0.25) is 4.68 Å². The van der Waals surface area contributed by atoms with E-state index in [0.29, 0.717) is 6.04 Å². The Labute approximate surface area is 105 Å². The zero-order chi connectivity index (χ0) is 12.3. The molecule has 1 aliphatic rings. The lowest BCUT2D eigenvalue weighted by atomic mass is 9.75. The van der Waals surface area contributed by atoms with Gasteiger partial charge in [-0.15, -0.1) is 0 Å². The Balaban J connectivity index is 2.00. The van der Waals surface area contributed by atoms with E-state index < -0.39 is 0 Å². The Morgan fingerprint density at radius 1 is 1.47 bits per heavy atom. The number of hydrogen-bond acceptors (Lipinski definition) is 2. The van der Waals surface area contributed by atoms with Crippen molar-refractivity contribution in [1.82, 2.24) is 15.1 Å². The molecule has 1 aromatic rings. The van der Waals surface area contributed by atoms with Crippen molar-refractivity contribution in [3.8, 4) is 0 Å². The molecule has 96 valence electrons. The van der Waals surface area contributed by atoms with Gasteiger partial charge in [-0.2, -0.15) is 5.10 Å². The first-order chi connectivity index (χ1) is 8.22. The highest BCUT2D eigenvalue weighted by Gasteiger charge is 2.29. The summed E-state index contributed by atoms with van der Waals surface area (Å²) in [6.45, 7) is 2.32. The lowest BCUT2D eigenvalue weighted by Gasteiger charge is -2.35. The maximum Gasteiger partial charge on any atom is 0.0627 e. The molecule has 3 atom stereocenters. The molecule has 1 aromatic heterocycles. The predicted molar refractivity (Wildman–Crippen MR) is 70.9 cm³/mol. The molecule has 0 saturated heterocycles. The minimum atomic E-state index is 0.680. The van der Waals surface area contributed by atoms with E-state index in [0.717, 1.165) is 18.3 Å². The summed E-state index contributed by atoms with van der Waals surface area (Å²) in [5.41, 5.74) is 1.24. The van der Waals surface area contributed by atoms with E-state index in [4.69, 9.17) is 0 Å². The minimum Gasteiger partial charge on any atom is -0.317 e. The van der Waals surface area contributed by atoms with Gasteiger partial charge in [-0.25, -0.2) is 0 Å². The molecule has 0 bridgehead atoms. The highest BCUT2D eigenvalue weighted by atomic mass is 15.2. The number of aromatic nitrogens is 2. The summed E-state index contributed by atoms with van der Waals surface area (Å²) in [5.74, 6) is 1.68. The molecule has 3 unspecified atom stereocenters. The number of aryl methyl sites for hydroxylation is 1. The largest absolute Gasteiger partial charge is 0.317 e. The Morgan fingerprint density at radius 3 is 2.88 bits per heavy atom. The third-order valence-electron chi connectivity index (χ3n) is 4.28. The Kier molecular flexibility index (Phi) is 4.21. The Bertz CT molecular complexity index is 345. The van der Waals surface area contributed by atoms with E-state index in [1.807, 2.05) is 17.9 Å². The van der Waals surface area contributed by atoms with Crippen molar-refractivity contribution < 1.29 is 0 Å². The normalized spacial score (nSPS) is 29.5. The quantitative estimate of drug-likeness (QED) is 0.868. The Morgan fingerprint density at radius 2 is 2.29 bits per heavy atom. The molecule has 1 fully saturated rings. The zero-order valence-corrected chi connectivity index (χ0v) is 11.3. The molecule has 1 saturated carbocycles. The van der Waals surface area contributed by atoms with Crippen molar-refractivity contribution in [1.29, 1.82) is 0 Å². The van der Waals surface area contributed by atoms with Crippen LogP contribution in [0.1, 0.15) is 38.3 Å². The lowest BCUT2D eigenvalue weighted by molar-refractivity contribution is 0.204. The van der Waals surface area contributed by atoms with E-state index >= 15 is 0 Å². The van der Waals surface area contributed by atoms with Crippen LogP contribution in [0.2, 0.25) is 0 Å². The maximum absolute atomic E-state index is 4.51. The van der Waals surface area contributed by atoms with Gasteiger partial charge in [0.05, 0.1) is 5.69 Å². The van der Waals surface area contributed by atoms with E-state index in [9.17, 15) is 0 Å². The van der Waals surface area contributed by atoms with Crippen LogP contribution < -0.4 is 5.32 Å². The molecule has 0 radical (unpaired) electrons. The molecule has 2 rings (SSSR count). The molecule has 1 N–H and O–H groups in total. The Hall–Kier alpha value is -0.830. The lowest BCUT2D eigenvalue weighted by Crippen LogP contribution is -2.39. The molecule has 0 aliphatic heterocycles. The SMILES string of the molecule is CCC1CCC(NC)C(Cc2ccn(C)n2)C1. The van der Waals surface area contributed by atoms with E-state index in [1.54, 1.807) is 0 Å². The molecule has 0 aromatic carbocycles. The highest BCUT2D eigenvalue weighted by molar-refractivity contribution is 5.02. The van der Waals surface area contributed by atoms with Gasteiger partial charge in [-0.1, -0.05) is 13.3 Å². The molecular weight excluding hydrogens is 210 g/mol. The molecule has 1 heterocycles. The first-order valence-electron chi connectivity index (χ1n) is 6.88. The number of hydrogen-bond donors (Lipinski definition) is 1. The van der Waals surface area contributed by atoms with Crippen LogP contribution in [-0.2, 0) is 13.5 Å². The third kappa shape index (κ3) is 3.09. The van der Waals surface area contributed by atoms with Crippen molar-refractivity contribution in [2.75, 3.05) is 7.05 Å². The topological polar surface area (TPSA) is 29.9 Å².